The Balaban J connectivity index is 2.07. The van der Waals surface area contributed by atoms with E-state index in [1.807, 2.05) is 0 Å². The van der Waals surface area contributed by atoms with Crippen molar-refractivity contribution in [1.29, 1.82) is 0 Å². The van der Waals surface area contributed by atoms with Crippen LogP contribution in [-0.4, -0.2) is 24.5 Å². The first-order chi connectivity index (χ1) is 9.54. The van der Waals surface area contributed by atoms with Crippen LogP contribution in [0, 0.1) is 5.92 Å². The number of nitrogens with zero attached hydrogens (tertiary/aromatic N) is 1. The molecule has 0 bridgehead atoms. The highest BCUT2D eigenvalue weighted by atomic mass is 15.2. The first-order valence-corrected chi connectivity index (χ1v) is 8.06. The average Bonchev–Trinajstić information content (AvgIpc) is 2.94. The Labute approximate surface area is 124 Å². The quantitative estimate of drug-likeness (QED) is 0.881. The van der Waals surface area contributed by atoms with Gasteiger partial charge in [-0.3, -0.25) is 4.90 Å². The van der Waals surface area contributed by atoms with Crippen molar-refractivity contribution in [3.8, 4) is 0 Å². The predicted octanol–water partition coefficient (Wildman–Crippen LogP) is 3.93. The van der Waals surface area contributed by atoms with Gasteiger partial charge in [-0.25, -0.2) is 0 Å². The largest absolute Gasteiger partial charge is 0.330 e. The molecule has 2 N–H and O–H groups in total. The first-order valence-electron chi connectivity index (χ1n) is 8.06. The summed E-state index contributed by atoms with van der Waals surface area (Å²) in [5, 5.41) is 0. The predicted molar refractivity (Wildman–Crippen MR) is 86.9 cm³/mol. The van der Waals surface area contributed by atoms with Crippen molar-refractivity contribution in [1.82, 2.24) is 4.90 Å². The van der Waals surface area contributed by atoms with Crippen LogP contribution in [0.1, 0.15) is 63.1 Å². The van der Waals surface area contributed by atoms with E-state index < -0.39 is 0 Å². The molecule has 3 unspecified atom stereocenters. The minimum absolute atomic E-state index is 0.466. The maximum absolute atomic E-state index is 5.93. The molecule has 1 aromatic rings. The fraction of sp³-hybridized carbons (Fsp3) is 0.667. The summed E-state index contributed by atoms with van der Waals surface area (Å²) >= 11 is 0. The second-order valence-electron chi connectivity index (χ2n) is 6.66. The van der Waals surface area contributed by atoms with E-state index in [4.69, 9.17) is 5.73 Å². The summed E-state index contributed by atoms with van der Waals surface area (Å²) in [7, 11) is 2.26. The third-order valence-corrected chi connectivity index (χ3v) is 5.14. The number of hydrogen-bond donors (Lipinski definition) is 1. The van der Waals surface area contributed by atoms with Crippen molar-refractivity contribution in [2.75, 3.05) is 13.6 Å². The monoisotopic (exact) mass is 274 g/mol. The van der Waals surface area contributed by atoms with Crippen molar-refractivity contribution in [2.45, 2.75) is 58.0 Å². The van der Waals surface area contributed by atoms with E-state index in [0.29, 0.717) is 23.9 Å². The molecular formula is C18H30N2. The summed E-state index contributed by atoms with van der Waals surface area (Å²) in [6.45, 7) is 7.63. The van der Waals surface area contributed by atoms with Gasteiger partial charge >= 0.3 is 0 Å². The third kappa shape index (κ3) is 3.24. The van der Waals surface area contributed by atoms with Crippen LogP contribution in [0.25, 0.3) is 0 Å². The Morgan fingerprint density at radius 3 is 2.25 bits per heavy atom. The van der Waals surface area contributed by atoms with Gasteiger partial charge < -0.3 is 5.73 Å². The molecule has 1 saturated carbocycles. The Morgan fingerprint density at radius 2 is 1.70 bits per heavy atom. The molecule has 1 aliphatic carbocycles. The lowest BCUT2D eigenvalue weighted by Gasteiger charge is -2.34. The third-order valence-electron chi connectivity index (χ3n) is 5.14. The van der Waals surface area contributed by atoms with Crippen LogP contribution in [-0.2, 0) is 0 Å². The van der Waals surface area contributed by atoms with Gasteiger partial charge in [0.15, 0.2) is 0 Å². The lowest BCUT2D eigenvalue weighted by Crippen LogP contribution is -2.39. The van der Waals surface area contributed by atoms with Gasteiger partial charge in [-0.05, 0) is 56.3 Å². The Hall–Kier alpha value is -0.860. The maximum atomic E-state index is 5.93. The molecule has 2 heteroatoms. The molecule has 1 aliphatic rings. The Bertz CT molecular complexity index is 410. The molecule has 0 amide bonds. The van der Waals surface area contributed by atoms with E-state index in [2.05, 4.69) is 57.0 Å². The SMILES string of the molecule is CC(C)c1ccc(C(C)N(C)C2CCCC2CN)cc1. The first kappa shape index (κ1) is 15.5. The standard InChI is InChI=1S/C18H30N2/c1-13(2)15-8-10-16(11-9-15)14(3)20(4)18-7-5-6-17(18)12-19/h8-11,13-14,17-18H,5-7,12,19H2,1-4H3. The van der Waals surface area contributed by atoms with Crippen LogP contribution in [0.2, 0.25) is 0 Å². The van der Waals surface area contributed by atoms with Crippen molar-refractivity contribution in [2.24, 2.45) is 11.7 Å². The van der Waals surface area contributed by atoms with E-state index in [-0.39, 0.29) is 0 Å². The lowest BCUT2D eigenvalue weighted by molar-refractivity contribution is 0.152. The molecule has 0 spiro atoms. The highest BCUT2D eigenvalue weighted by molar-refractivity contribution is 5.26. The van der Waals surface area contributed by atoms with Crippen LogP contribution in [0.15, 0.2) is 24.3 Å². The molecule has 112 valence electrons. The molecule has 2 nitrogen and oxygen atoms in total. The van der Waals surface area contributed by atoms with Gasteiger partial charge in [-0.1, -0.05) is 44.5 Å². The normalized spacial score (nSPS) is 24.6. The van der Waals surface area contributed by atoms with E-state index >= 15 is 0 Å². The van der Waals surface area contributed by atoms with Crippen molar-refractivity contribution in [3.63, 3.8) is 0 Å². The summed E-state index contributed by atoms with van der Waals surface area (Å²) in [5.41, 5.74) is 8.76. The molecule has 1 aromatic carbocycles. The summed E-state index contributed by atoms with van der Waals surface area (Å²) in [4.78, 5) is 2.54. The molecule has 20 heavy (non-hydrogen) atoms. The van der Waals surface area contributed by atoms with Crippen LogP contribution in [0.5, 0.6) is 0 Å². The minimum atomic E-state index is 0.466. The van der Waals surface area contributed by atoms with Crippen LogP contribution in [0.3, 0.4) is 0 Å². The summed E-state index contributed by atoms with van der Waals surface area (Å²) in [5.74, 6) is 1.28. The second kappa shape index (κ2) is 6.73. The van der Waals surface area contributed by atoms with E-state index in [0.717, 1.165) is 6.54 Å². The second-order valence-corrected chi connectivity index (χ2v) is 6.66. The van der Waals surface area contributed by atoms with Crippen LogP contribution in [0.4, 0.5) is 0 Å². The topological polar surface area (TPSA) is 29.3 Å². The minimum Gasteiger partial charge on any atom is -0.330 e. The fourth-order valence-electron chi connectivity index (χ4n) is 3.51. The van der Waals surface area contributed by atoms with E-state index in [9.17, 15) is 0 Å². The van der Waals surface area contributed by atoms with Gasteiger partial charge in [-0.15, -0.1) is 0 Å². The zero-order chi connectivity index (χ0) is 14.7. The molecule has 0 aromatic heterocycles. The summed E-state index contributed by atoms with van der Waals surface area (Å²) in [6, 6.07) is 10.3. The molecule has 2 rings (SSSR count). The maximum Gasteiger partial charge on any atom is 0.0319 e. The smallest absolute Gasteiger partial charge is 0.0319 e. The number of rotatable bonds is 5. The summed E-state index contributed by atoms with van der Waals surface area (Å²) in [6.07, 6.45) is 3.92. The zero-order valence-electron chi connectivity index (χ0n) is 13.5. The Morgan fingerprint density at radius 1 is 1.10 bits per heavy atom. The van der Waals surface area contributed by atoms with Gasteiger partial charge in [0.1, 0.15) is 0 Å². The number of benzene rings is 1. The average molecular weight is 274 g/mol. The van der Waals surface area contributed by atoms with Crippen LogP contribution >= 0.6 is 0 Å². The summed E-state index contributed by atoms with van der Waals surface area (Å²) < 4.78 is 0. The Kier molecular flexibility index (Phi) is 5.22. The van der Waals surface area contributed by atoms with Gasteiger partial charge in [0, 0.05) is 12.1 Å². The van der Waals surface area contributed by atoms with Crippen molar-refractivity contribution < 1.29 is 0 Å². The zero-order valence-corrected chi connectivity index (χ0v) is 13.5. The molecular weight excluding hydrogens is 244 g/mol. The highest BCUT2D eigenvalue weighted by Crippen LogP contribution is 2.33. The van der Waals surface area contributed by atoms with Crippen LogP contribution < -0.4 is 5.73 Å². The highest BCUT2D eigenvalue weighted by Gasteiger charge is 2.31. The fourth-order valence-corrected chi connectivity index (χ4v) is 3.51. The molecule has 0 radical (unpaired) electrons. The lowest BCUT2D eigenvalue weighted by atomic mass is 9.96. The van der Waals surface area contributed by atoms with E-state index in [1.165, 1.54) is 30.4 Å². The van der Waals surface area contributed by atoms with Gasteiger partial charge in [0.25, 0.3) is 0 Å². The molecule has 0 saturated heterocycles. The molecule has 0 heterocycles. The van der Waals surface area contributed by atoms with Crippen molar-refractivity contribution >= 4 is 0 Å². The number of nitrogens with two attached hydrogens (primary N) is 1. The number of hydrogen-bond acceptors (Lipinski definition) is 2. The van der Waals surface area contributed by atoms with Gasteiger partial charge in [0.05, 0.1) is 0 Å². The molecule has 1 fully saturated rings. The molecule has 0 aliphatic heterocycles. The van der Waals surface area contributed by atoms with E-state index in [1.54, 1.807) is 0 Å². The molecule has 3 atom stereocenters. The van der Waals surface area contributed by atoms with Gasteiger partial charge in [-0.2, -0.15) is 0 Å². The van der Waals surface area contributed by atoms with Crippen molar-refractivity contribution in [3.05, 3.63) is 35.4 Å². The van der Waals surface area contributed by atoms with Gasteiger partial charge in [0.2, 0.25) is 0 Å².